The first-order valence-electron chi connectivity index (χ1n) is 7.56. The quantitative estimate of drug-likeness (QED) is 0.572. The number of ether oxygens (including phenoxy) is 1. The highest BCUT2D eigenvalue weighted by Gasteiger charge is 2.14. The number of hydrogen-bond acceptors (Lipinski definition) is 3. The molecule has 0 aliphatic heterocycles. The van der Waals surface area contributed by atoms with Crippen molar-refractivity contribution in [2.75, 3.05) is 6.61 Å². The summed E-state index contributed by atoms with van der Waals surface area (Å²) in [7, 11) is 0. The predicted octanol–water partition coefficient (Wildman–Crippen LogP) is 4.72. The molecule has 1 aromatic carbocycles. The maximum absolute atomic E-state index is 6.59. The summed E-state index contributed by atoms with van der Waals surface area (Å²) >= 11 is 12.9. The Bertz CT molecular complexity index is 1040. The molecule has 122 valence electrons. The summed E-state index contributed by atoms with van der Waals surface area (Å²) in [6.07, 6.45) is 3.77. The summed E-state index contributed by atoms with van der Waals surface area (Å²) in [5.41, 5.74) is 3.33. The highest BCUT2D eigenvalue weighted by molar-refractivity contribution is 6.37. The molecule has 0 amide bonds. The zero-order chi connectivity index (χ0) is 16.7. The number of pyridine rings is 1. The Morgan fingerprint density at radius 3 is 2.92 bits per heavy atom. The van der Waals surface area contributed by atoms with Crippen molar-refractivity contribution in [2.24, 2.45) is 0 Å². The number of fused-ring (bicyclic) bond motifs is 2. The monoisotopic (exact) mass is 360 g/mol. The van der Waals surface area contributed by atoms with Gasteiger partial charge >= 0.3 is 0 Å². The third-order valence-corrected chi connectivity index (χ3v) is 4.62. The zero-order valence-electron chi connectivity index (χ0n) is 12.9. The van der Waals surface area contributed by atoms with E-state index in [1.54, 1.807) is 0 Å². The van der Waals surface area contributed by atoms with E-state index < -0.39 is 0 Å². The van der Waals surface area contributed by atoms with Gasteiger partial charge in [-0.1, -0.05) is 23.2 Å². The first kappa shape index (κ1) is 15.4. The largest absolute Gasteiger partial charge is 0.374 e. The van der Waals surface area contributed by atoms with Crippen molar-refractivity contribution in [3.8, 4) is 11.1 Å². The maximum Gasteiger partial charge on any atom is 0.180 e. The van der Waals surface area contributed by atoms with Crippen LogP contribution in [0.15, 0.2) is 36.7 Å². The summed E-state index contributed by atoms with van der Waals surface area (Å²) in [5, 5.41) is 10.6. The molecule has 0 atom stereocenters. The van der Waals surface area contributed by atoms with Gasteiger partial charge in [0.25, 0.3) is 0 Å². The van der Waals surface area contributed by atoms with Crippen molar-refractivity contribution in [1.29, 1.82) is 0 Å². The number of aromatic amines is 1. The summed E-state index contributed by atoms with van der Waals surface area (Å²) in [5.74, 6) is 0.722. The summed E-state index contributed by atoms with van der Waals surface area (Å²) in [4.78, 5) is 3.13. The van der Waals surface area contributed by atoms with E-state index in [1.165, 1.54) is 0 Å². The van der Waals surface area contributed by atoms with Crippen LogP contribution in [0.4, 0.5) is 0 Å². The second-order valence-electron chi connectivity index (χ2n) is 5.39. The number of benzene rings is 1. The minimum absolute atomic E-state index is 0.397. The van der Waals surface area contributed by atoms with Crippen molar-refractivity contribution in [3.05, 3.63) is 52.5 Å². The van der Waals surface area contributed by atoms with Crippen LogP contribution >= 0.6 is 23.2 Å². The molecular weight excluding hydrogens is 347 g/mol. The van der Waals surface area contributed by atoms with E-state index in [0.717, 1.165) is 27.9 Å². The Labute approximate surface area is 148 Å². The van der Waals surface area contributed by atoms with E-state index in [1.807, 2.05) is 48.0 Å². The number of hydrogen-bond donors (Lipinski definition) is 1. The van der Waals surface area contributed by atoms with E-state index >= 15 is 0 Å². The van der Waals surface area contributed by atoms with Gasteiger partial charge in [0.1, 0.15) is 6.61 Å². The molecule has 4 rings (SSSR count). The Kier molecular flexibility index (Phi) is 3.92. The van der Waals surface area contributed by atoms with Gasteiger partial charge in [0.15, 0.2) is 11.5 Å². The van der Waals surface area contributed by atoms with Crippen molar-refractivity contribution >= 4 is 39.8 Å². The number of nitrogens with one attached hydrogen (secondary N) is 1. The molecule has 3 aromatic heterocycles. The van der Waals surface area contributed by atoms with E-state index in [-0.39, 0.29) is 0 Å². The molecule has 0 saturated carbocycles. The molecule has 4 aromatic rings. The topological polar surface area (TPSA) is 55.2 Å². The summed E-state index contributed by atoms with van der Waals surface area (Å²) in [6, 6.07) is 7.87. The predicted molar refractivity (Wildman–Crippen MR) is 95.6 cm³/mol. The van der Waals surface area contributed by atoms with Crippen LogP contribution in [-0.4, -0.2) is 26.2 Å². The zero-order valence-corrected chi connectivity index (χ0v) is 14.4. The Morgan fingerprint density at radius 2 is 2.08 bits per heavy atom. The molecule has 7 heteroatoms. The molecule has 0 unspecified atom stereocenters. The number of H-pyrrole nitrogens is 1. The summed E-state index contributed by atoms with van der Waals surface area (Å²) in [6.45, 7) is 2.96. The molecule has 24 heavy (non-hydrogen) atoms. The van der Waals surface area contributed by atoms with E-state index in [4.69, 9.17) is 27.9 Å². The van der Waals surface area contributed by atoms with Crippen LogP contribution in [0.3, 0.4) is 0 Å². The average Bonchev–Trinajstić information content (AvgIpc) is 3.20. The number of nitrogens with zero attached hydrogens (tertiary/aromatic N) is 3. The molecule has 0 saturated heterocycles. The average molecular weight is 361 g/mol. The standard InChI is InChI=1S/C17H14Cl2N4O/c1-2-24-9-14-21-22-17-15(19)12(4-6-23(14)17)11-7-10-3-5-20-16(10)13(18)8-11/h3-8,20H,2,9H2,1H3. The molecular formula is C17H14Cl2N4O. The van der Waals surface area contributed by atoms with Crippen LogP contribution in [-0.2, 0) is 11.3 Å². The number of rotatable bonds is 4. The van der Waals surface area contributed by atoms with Crippen LogP contribution in [0, 0.1) is 0 Å². The number of aromatic nitrogens is 4. The first-order chi connectivity index (χ1) is 11.7. The van der Waals surface area contributed by atoms with Crippen molar-refractivity contribution in [3.63, 3.8) is 0 Å². The van der Waals surface area contributed by atoms with Crippen molar-refractivity contribution in [1.82, 2.24) is 19.6 Å². The summed E-state index contributed by atoms with van der Waals surface area (Å²) < 4.78 is 7.25. The minimum atomic E-state index is 0.397. The van der Waals surface area contributed by atoms with Gasteiger partial charge in [-0.15, -0.1) is 10.2 Å². The van der Waals surface area contributed by atoms with Crippen LogP contribution in [0.1, 0.15) is 12.7 Å². The Balaban J connectivity index is 1.85. The lowest BCUT2D eigenvalue weighted by molar-refractivity contribution is 0.127. The second-order valence-corrected chi connectivity index (χ2v) is 6.18. The fraction of sp³-hybridized carbons (Fsp3) is 0.176. The highest BCUT2D eigenvalue weighted by Crippen LogP contribution is 2.35. The number of halogens is 2. The van der Waals surface area contributed by atoms with Gasteiger partial charge in [0, 0.05) is 30.0 Å². The van der Waals surface area contributed by atoms with Crippen LogP contribution in [0.25, 0.3) is 27.7 Å². The molecule has 3 heterocycles. The normalized spacial score (nSPS) is 11.6. The molecule has 0 aliphatic carbocycles. The van der Waals surface area contributed by atoms with Gasteiger partial charge < -0.3 is 9.72 Å². The van der Waals surface area contributed by atoms with Gasteiger partial charge in [0.2, 0.25) is 0 Å². The minimum Gasteiger partial charge on any atom is -0.374 e. The van der Waals surface area contributed by atoms with Crippen LogP contribution < -0.4 is 0 Å². The van der Waals surface area contributed by atoms with Crippen LogP contribution in [0.2, 0.25) is 10.0 Å². The van der Waals surface area contributed by atoms with Gasteiger partial charge in [-0.2, -0.15) is 0 Å². The second kappa shape index (κ2) is 6.09. The molecule has 1 N–H and O–H groups in total. The molecule has 0 spiro atoms. The van der Waals surface area contributed by atoms with Crippen molar-refractivity contribution < 1.29 is 4.74 Å². The van der Waals surface area contributed by atoms with Crippen LogP contribution in [0.5, 0.6) is 0 Å². The maximum atomic E-state index is 6.59. The van der Waals surface area contributed by atoms with Crippen molar-refractivity contribution in [2.45, 2.75) is 13.5 Å². The lowest BCUT2D eigenvalue weighted by Gasteiger charge is -2.08. The molecule has 5 nitrogen and oxygen atoms in total. The highest BCUT2D eigenvalue weighted by atomic mass is 35.5. The lowest BCUT2D eigenvalue weighted by Crippen LogP contribution is -1.99. The molecule has 0 fully saturated rings. The molecule has 0 bridgehead atoms. The first-order valence-corrected chi connectivity index (χ1v) is 8.31. The van der Waals surface area contributed by atoms with Gasteiger partial charge in [0.05, 0.1) is 15.6 Å². The van der Waals surface area contributed by atoms with E-state index in [9.17, 15) is 0 Å². The smallest absolute Gasteiger partial charge is 0.180 e. The molecule has 0 radical (unpaired) electrons. The Morgan fingerprint density at radius 1 is 1.21 bits per heavy atom. The third-order valence-electron chi connectivity index (χ3n) is 3.95. The van der Waals surface area contributed by atoms with Gasteiger partial charge in [-0.05, 0) is 36.8 Å². The van der Waals surface area contributed by atoms with E-state index in [2.05, 4.69) is 15.2 Å². The third kappa shape index (κ3) is 2.45. The SMILES string of the molecule is CCOCc1nnc2c(Cl)c(-c3cc(Cl)c4[nH]ccc4c3)ccn12. The van der Waals surface area contributed by atoms with Gasteiger partial charge in [-0.3, -0.25) is 4.40 Å². The fourth-order valence-corrected chi connectivity index (χ4v) is 3.35. The molecule has 0 aliphatic rings. The van der Waals surface area contributed by atoms with E-state index in [0.29, 0.717) is 28.9 Å². The lowest BCUT2D eigenvalue weighted by atomic mass is 10.0. The van der Waals surface area contributed by atoms with Gasteiger partial charge in [-0.25, -0.2) is 0 Å². The Hall–Kier alpha value is -2.08. The fourth-order valence-electron chi connectivity index (χ4n) is 2.77.